The lowest BCUT2D eigenvalue weighted by Gasteiger charge is -2.18. The number of nitrogens with two attached hydrogens (primary N) is 1. The molecule has 1 amide bonds. The first-order chi connectivity index (χ1) is 11.6. The number of hydrogen-bond acceptors (Lipinski definition) is 2. The molecule has 0 unspecified atom stereocenters. The molecule has 0 saturated carbocycles. The Balaban J connectivity index is 1.94. The largest absolute Gasteiger partial charge is 0.372 e. The van der Waals surface area contributed by atoms with E-state index in [1.165, 1.54) is 18.5 Å². The van der Waals surface area contributed by atoms with Crippen molar-refractivity contribution in [3.8, 4) is 11.3 Å². The van der Waals surface area contributed by atoms with Gasteiger partial charge in [0.25, 0.3) is 5.91 Å². The average molecular weight is 325 g/mol. The van der Waals surface area contributed by atoms with E-state index in [1.54, 1.807) is 0 Å². The topological polar surface area (TPSA) is 51.3 Å². The molecule has 0 bridgehead atoms. The third kappa shape index (κ3) is 3.18. The predicted octanol–water partition coefficient (Wildman–Crippen LogP) is 3.96. The highest BCUT2D eigenvalue weighted by molar-refractivity contribution is 5.95. The first kappa shape index (κ1) is 16.6. The van der Waals surface area contributed by atoms with E-state index in [-0.39, 0.29) is 5.91 Å². The molecule has 1 aromatic carbocycles. The summed E-state index contributed by atoms with van der Waals surface area (Å²) in [6.07, 6.45) is 4.77. The zero-order valence-corrected chi connectivity index (χ0v) is 14.7. The van der Waals surface area contributed by atoms with Gasteiger partial charge in [0.15, 0.2) is 0 Å². The van der Waals surface area contributed by atoms with Gasteiger partial charge in [0.2, 0.25) is 0 Å². The fourth-order valence-corrected chi connectivity index (χ4v) is 3.56. The number of aromatic nitrogens is 1. The van der Waals surface area contributed by atoms with Gasteiger partial charge >= 0.3 is 0 Å². The number of nitrogens with zero attached hydrogens (tertiary/aromatic N) is 2. The molecule has 4 heteroatoms. The van der Waals surface area contributed by atoms with Crippen molar-refractivity contribution in [2.24, 2.45) is 5.73 Å². The van der Waals surface area contributed by atoms with E-state index in [0.717, 1.165) is 49.4 Å². The minimum absolute atomic E-state index is 0.349. The molecule has 3 rings (SSSR count). The number of hydrogen-bond donors (Lipinski definition) is 1. The summed E-state index contributed by atoms with van der Waals surface area (Å²) >= 11 is 0. The van der Waals surface area contributed by atoms with Crippen LogP contribution in [0.5, 0.6) is 0 Å². The predicted molar refractivity (Wildman–Crippen MR) is 99.5 cm³/mol. The Kier molecular flexibility index (Phi) is 4.93. The fourth-order valence-electron chi connectivity index (χ4n) is 3.56. The summed E-state index contributed by atoms with van der Waals surface area (Å²) in [4.78, 5) is 14.2. The van der Waals surface area contributed by atoms with E-state index in [1.807, 2.05) is 13.0 Å². The number of primary amides is 1. The van der Waals surface area contributed by atoms with Gasteiger partial charge in [0, 0.05) is 36.7 Å². The molecule has 128 valence electrons. The number of carbonyl (C=O) groups excluding carboxylic acids is 1. The molecule has 2 N–H and O–H groups in total. The molecule has 2 heterocycles. The average Bonchev–Trinajstić information content (AvgIpc) is 3.21. The van der Waals surface area contributed by atoms with Crippen LogP contribution in [0.15, 0.2) is 30.3 Å². The van der Waals surface area contributed by atoms with Crippen molar-refractivity contribution < 1.29 is 4.79 Å². The lowest BCUT2D eigenvalue weighted by molar-refractivity contribution is 0.0999. The van der Waals surface area contributed by atoms with E-state index in [9.17, 15) is 4.79 Å². The maximum atomic E-state index is 11.7. The summed E-state index contributed by atoms with van der Waals surface area (Å²) in [6.45, 7) is 7.38. The van der Waals surface area contributed by atoms with Crippen LogP contribution in [0.3, 0.4) is 0 Å². The lowest BCUT2D eigenvalue weighted by Crippen LogP contribution is -2.17. The zero-order valence-electron chi connectivity index (χ0n) is 14.7. The Labute approximate surface area is 144 Å². The monoisotopic (exact) mass is 325 g/mol. The highest BCUT2D eigenvalue weighted by atomic mass is 16.1. The Hall–Kier alpha value is -2.23. The summed E-state index contributed by atoms with van der Waals surface area (Å²) in [7, 11) is 0. The number of amides is 1. The van der Waals surface area contributed by atoms with Crippen molar-refractivity contribution in [1.82, 2.24) is 4.57 Å². The molecule has 1 aliphatic rings. The maximum absolute atomic E-state index is 11.7. The number of benzene rings is 1. The second kappa shape index (κ2) is 7.12. The highest BCUT2D eigenvalue weighted by Gasteiger charge is 2.17. The van der Waals surface area contributed by atoms with Crippen LogP contribution in [0.2, 0.25) is 0 Å². The van der Waals surface area contributed by atoms with Crippen LogP contribution in [-0.4, -0.2) is 23.6 Å². The van der Waals surface area contributed by atoms with Crippen molar-refractivity contribution in [3.63, 3.8) is 0 Å². The van der Waals surface area contributed by atoms with Crippen LogP contribution in [0.25, 0.3) is 11.3 Å². The van der Waals surface area contributed by atoms with Gasteiger partial charge in [-0.15, -0.1) is 0 Å². The van der Waals surface area contributed by atoms with E-state index in [0.29, 0.717) is 5.56 Å². The van der Waals surface area contributed by atoms with Crippen molar-refractivity contribution in [1.29, 1.82) is 0 Å². The van der Waals surface area contributed by atoms with E-state index >= 15 is 0 Å². The summed E-state index contributed by atoms with van der Waals surface area (Å²) in [5, 5.41) is 0. The molecule has 0 radical (unpaired) electrons. The molecule has 0 atom stereocenters. The van der Waals surface area contributed by atoms with Gasteiger partial charge < -0.3 is 15.2 Å². The molecule has 24 heavy (non-hydrogen) atoms. The van der Waals surface area contributed by atoms with E-state index < -0.39 is 0 Å². The molecule has 2 aromatic rings. The standard InChI is InChI=1S/C20H27N3O/c1-3-4-13-23-15(2)18(20(21)24)14-19(23)16-7-9-17(10-8-16)22-11-5-6-12-22/h7-10,14H,3-6,11-13H2,1-2H3,(H2,21,24). The summed E-state index contributed by atoms with van der Waals surface area (Å²) in [6, 6.07) is 10.7. The Morgan fingerprint density at radius 2 is 1.83 bits per heavy atom. The van der Waals surface area contributed by atoms with Crippen LogP contribution in [0, 0.1) is 6.92 Å². The molecule has 1 saturated heterocycles. The SMILES string of the molecule is CCCCn1c(-c2ccc(N3CCCC3)cc2)cc(C(N)=O)c1C. The summed E-state index contributed by atoms with van der Waals surface area (Å²) in [5.41, 5.74) is 10.7. The molecule has 1 aliphatic heterocycles. The molecule has 1 aromatic heterocycles. The van der Waals surface area contributed by atoms with Crippen molar-refractivity contribution in [3.05, 3.63) is 41.6 Å². The van der Waals surface area contributed by atoms with Gasteiger partial charge in [0.05, 0.1) is 5.56 Å². The van der Waals surface area contributed by atoms with Gasteiger partial charge in [-0.1, -0.05) is 25.5 Å². The van der Waals surface area contributed by atoms with Gasteiger partial charge in [-0.3, -0.25) is 4.79 Å². The minimum atomic E-state index is -0.349. The fraction of sp³-hybridized carbons (Fsp3) is 0.450. The third-order valence-electron chi connectivity index (χ3n) is 5.00. The maximum Gasteiger partial charge on any atom is 0.250 e. The van der Waals surface area contributed by atoms with Crippen molar-refractivity contribution >= 4 is 11.6 Å². The summed E-state index contributed by atoms with van der Waals surface area (Å²) < 4.78 is 2.23. The van der Waals surface area contributed by atoms with Crippen molar-refractivity contribution in [2.75, 3.05) is 18.0 Å². The van der Waals surface area contributed by atoms with Crippen molar-refractivity contribution in [2.45, 2.75) is 46.1 Å². The van der Waals surface area contributed by atoms with Gasteiger partial charge in [0.1, 0.15) is 0 Å². The molecular formula is C20H27N3O. The molecule has 0 aliphatic carbocycles. The first-order valence-electron chi connectivity index (χ1n) is 8.97. The highest BCUT2D eigenvalue weighted by Crippen LogP contribution is 2.29. The third-order valence-corrected chi connectivity index (χ3v) is 5.00. The van der Waals surface area contributed by atoms with Gasteiger partial charge in [-0.25, -0.2) is 0 Å². The normalized spacial score (nSPS) is 14.3. The van der Waals surface area contributed by atoms with Crippen LogP contribution in [-0.2, 0) is 6.54 Å². The number of carbonyl (C=O) groups is 1. The second-order valence-corrected chi connectivity index (χ2v) is 6.64. The zero-order chi connectivity index (χ0) is 17.1. The number of anilines is 1. The number of rotatable bonds is 6. The second-order valence-electron chi connectivity index (χ2n) is 6.64. The Morgan fingerprint density at radius 1 is 1.17 bits per heavy atom. The van der Waals surface area contributed by atoms with E-state index in [4.69, 9.17) is 5.73 Å². The van der Waals surface area contributed by atoms with Crippen LogP contribution in [0.4, 0.5) is 5.69 Å². The quantitative estimate of drug-likeness (QED) is 0.874. The lowest BCUT2D eigenvalue weighted by atomic mass is 10.1. The Bertz CT molecular complexity index is 709. The van der Waals surface area contributed by atoms with Crippen LogP contribution < -0.4 is 10.6 Å². The van der Waals surface area contributed by atoms with Crippen LogP contribution >= 0.6 is 0 Å². The summed E-state index contributed by atoms with van der Waals surface area (Å²) in [5.74, 6) is -0.349. The van der Waals surface area contributed by atoms with Crippen LogP contribution in [0.1, 0.15) is 48.7 Å². The smallest absolute Gasteiger partial charge is 0.250 e. The molecule has 1 fully saturated rings. The molecular weight excluding hydrogens is 298 g/mol. The minimum Gasteiger partial charge on any atom is -0.372 e. The van der Waals surface area contributed by atoms with Gasteiger partial charge in [-0.05, 0) is 49.9 Å². The first-order valence-corrected chi connectivity index (χ1v) is 8.97. The van der Waals surface area contributed by atoms with Gasteiger partial charge in [-0.2, -0.15) is 0 Å². The Morgan fingerprint density at radius 3 is 2.42 bits per heavy atom. The molecule has 0 spiro atoms. The molecule has 4 nitrogen and oxygen atoms in total. The van der Waals surface area contributed by atoms with E-state index in [2.05, 4.69) is 40.7 Å². The number of unbranched alkanes of at least 4 members (excludes halogenated alkanes) is 1.